The minimum absolute atomic E-state index is 0.0152. The van der Waals surface area contributed by atoms with Crippen LogP contribution in [0.2, 0.25) is 0 Å². The minimum atomic E-state index is -0.252. The van der Waals surface area contributed by atoms with Crippen molar-refractivity contribution in [3.05, 3.63) is 24.0 Å². The summed E-state index contributed by atoms with van der Waals surface area (Å²) in [5.41, 5.74) is 0.0996. The Bertz CT molecular complexity index is 423. The van der Waals surface area contributed by atoms with E-state index in [1.165, 1.54) is 12.3 Å². The van der Waals surface area contributed by atoms with Crippen LogP contribution >= 0.6 is 0 Å². The molecule has 0 bridgehead atoms. The first-order valence-electron chi connectivity index (χ1n) is 5.92. The molecular weight excluding hydrogens is 234 g/mol. The molecule has 1 saturated heterocycles. The standard InChI is InChI=1S/C12H17N3O3/c1-13-7-9-8-15(5-6-18-9)12(17)11-10(16)3-2-4-14-11/h2-4,9,13,16H,5-8H2,1H3. The van der Waals surface area contributed by atoms with E-state index in [9.17, 15) is 9.90 Å². The van der Waals surface area contributed by atoms with Gasteiger partial charge in [-0.05, 0) is 19.2 Å². The van der Waals surface area contributed by atoms with Crippen LogP contribution in [0, 0.1) is 0 Å². The highest BCUT2D eigenvalue weighted by Crippen LogP contribution is 2.16. The van der Waals surface area contributed by atoms with Gasteiger partial charge < -0.3 is 20.1 Å². The zero-order valence-corrected chi connectivity index (χ0v) is 10.3. The van der Waals surface area contributed by atoms with Crippen molar-refractivity contribution in [2.75, 3.05) is 33.3 Å². The average Bonchev–Trinajstić information content (AvgIpc) is 2.39. The van der Waals surface area contributed by atoms with E-state index < -0.39 is 0 Å². The van der Waals surface area contributed by atoms with Gasteiger partial charge in [0, 0.05) is 25.8 Å². The molecule has 1 amide bonds. The van der Waals surface area contributed by atoms with Gasteiger partial charge in [0.15, 0.2) is 5.69 Å². The zero-order chi connectivity index (χ0) is 13.0. The van der Waals surface area contributed by atoms with Gasteiger partial charge in [0.2, 0.25) is 0 Å². The van der Waals surface area contributed by atoms with Crippen LogP contribution in [0.4, 0.5) is 0 Å². The number of nitrogens with zero attached hydrogens (tertiary/aromatic N) is 2. The third kappa shape index (κ3) is 2.77. The Labute approximate surface area is 106 Å². The summed E-state index contributed by atoms with van der Waals surface area (Å²) in [5, 5.41) is 12.6. The molecule has 1 unspecified atom stereocenters. The van der Waals surface area contributed by atoms with Crippen LogP contribution in [0.3, 0.4) is 0 Å². The molecular formula is C12H17N3O3. The van der Waals surface area contributed by atoms with Gasteiger partial charge in [0.05, 0.1) is 12.7 Å². The molecule has 6 nitrogen and oxygen atoms in total. The Morgan fingerprint density at radius 2 is 2.56 bits per heavy atom. The number of pyridine rings is 1. The molecule has 2 N–H and O–H groups in total. The first-order valence-corrected chi connectivity index (χ1v) is 5.92. The number of ether oxygens (including phenoxy) is 1. The lowest BCUT2D eigenvalue weighted by Crippen LogP contribution is -2.48. The first-order chi connectivity index (χ1) is 8.72. The van der Waals surface area contributed by atoms with E-state index >= 15 is 0 Å². The quantitative estimate of drug-likeness (QED) is 0.781. The van der Waals surface area contributed by atoms with E-state index in [0.29, 0.717) is 26.2 Å². The molecule has 1 aromatic heterocycles. The van der Waals surface area contributed by atoms with Crippen LogP contribution in [-0.4, -0.2) is 60.3 Å². The number of aromatic nitrogens is 1. The lowest BCUT2D eigenvalue weighted by Gasteiger charge is -2.32. The number of carbonyl (C=O) groups excluding carboxylic acids is 1. The van der Waals surface area contributed by atoms with Crippen molar-refractivity contribution in [3.63, 3.8) is 0 Å². The largest absolute Gasteiger partial charge is 0.505 e. The fourth-order valence-corrected chi connectivity index (χ4v) is 1.97. The molecule has 0 aromatic carbocycles. The summed E-state index contributed by atoms with van der Waals surface area (Å²) in [7, 11) is 1.84. The van der Waals surface area contributed by atoms with Crippen LogP contribution in [-0.2, 0) is 4.74 Å². The second-order valence-electron chi connectivity index (χ2n) is 4.17. The van der Waals surface area contributed by atoms with E-state index in [1.807, 2.05) is 7.05 Å². The Balaban J connectivity index is 2.07. The van der Waals surface area contributed by atoms with Gasteiger partial charge in [-0.15, -0.1) is 0 Å². The van der Waals surface area contributed by atoms with Crippen molar-refractivity contribution < 1.29 is 14.6 Å². The molecule has 1 aliphatic heterocycles. The van der Waals surface area contributed by atoms with Crippen molar-refractivity contribution in [1.29, 1.82) is 0 Å². The van der Waals surface area contributed by atoms with E-state index in [1.54, 1.807) is 11.0 Å². The highest BCUT2D eigenvalue weighted by atomic mass is 16.5. The number of carbonyl (C=O) groups is 1. The highest BCUT2D eigenvalue weighted by Gasteiger charge is 2.26. The van der Waals surface area contributed by atoms with Crippen LogP contribution in [0.1, 0.15) is 10.5 Å². The topological polar surface area (TPSA) is 74.7 Å². The predicted molar refractivity (Wildman–Crippen MR) is 65.5 cm³/mol. The van der Waals surface area contributed by atoms with E-state index in [2.05, 4.69) is 10.3 Å². The maximum absolute atomic E-state index is 12.2. The summed E-state index contributed by atoms with van der Waals surface area (Å²) >= 11 is 0. The molecule has 6 heteroatoms. The van der Waals surface area contributed by atoms with Gasteiger partial charge in [-0.2, -0.15) is 0 Å². The molecule has 1 atom stereocenters. The van der Waals surface area contributed by atoms with E-state index in [-0.39, 0.29) is 23.5 Å². The van der Waals surface area contributed by atoms with E-state index in [4.69, 9.17) is 4.74 Å². The second-order valence-corrected chi connectivity index (χ2v) is 4.17. The number of likely N-dealkylation sites (N-methyl/N-ethyl adjacent to an activating group) is 1. The van der Waals surface area contributed by atoms with Gasteiger partial charge in [-0.1, -0.05) is 0 Å². The molecule has 2 heterocycles. The Hall–Kier alpha value is -1.66. The van der Waals surface area contributed by atoms with Gasteiger partial charge in [0.1, 0.15) is 5.75 Å². The molecule has 1 aliphatic rings. The molecule has 2 rings (SSSR count). The fourth-order valence-electron chi connectivity index (χ4n) is 1.97. The van der Waals surface area contributed by atoms with Crippen molar-refractivity contribution in [2.24, 2.45) is 0 Å². The first kappa shape index (κ1) is 12.8. The lowest BCUT2D eigenvalue weighted by atomic mass is 10.2. The van der Waals surface area contributed by atoms with Gasteiger partial charge in [-0.25, -0.2) is 4.98 Å². The number of aromatic hydroxyl groups is 1. The summed E-state index contributed by atoms with van der Waals surface area (Å²) in [6, 6.07) is 3.06. The number of rotatable bonds is 3. The fraction of sp³-hybridized carbons (Fsp3) is 0.500. The summed E-state index contributed by atoms with van der Waals surface area (Å²) < 4.78 is 5.53. The van der Waals surface area contributed by atoms with Crippen molar-refractivity contribution in [3.8, 4) is 5.75 Å². The second kappa shape index (κ2) is 5.79. The normalized spacial score (nSPS) is 19.8. The van der Waals surface area contributed by atoms with Crippen LogP contribution < -0.4 is 5.32 Å². The molecule has 1 fully saturated rings. The van der Waals surface area contributed by atoms with Crippen LogP contribution in [0.25, 0.3) is 0 Å². The summed E-state index contributed by atoms with van der Waals surface area (Å²) in [6.45, 7) is 2.23. The summed E-state index contributed by atoms with van der Waals surface area (Å²) in [5.74, 6) is -0.336. The molecule has 0 spiro atoms. The maximum Gasteiger partial charge on any atom is 0.276 e. The van der Waals surface area contributed by atoms with Crippen molar-refractivity contribution >= 4 is 5.91 Å². The number of hydrogen-bond donors (Lipinski definition) is 2. The molecule has 98 valence electrons. The lowest BCUT2D eigenvalue weighted by molar-refractivity contribution is -0.0199. The van der Waals surface area contributed by atoms with Gasteiger partial charge in [0.25, 0.3) is 5.91 Å². The van der Waals surface area contributed by atoms with E-state index in [0.717, 1.165) is 0 Å². The molecule has 1 aromatic rings. The Morgan fingerprint density at radius 1 is 1.72 bits per heavy atom. The molecule has 18 heavy (non-hydrogen) atoms. The van der Waals surface area contributed by atoms with Crippen LogP contribution in [0.5, 0.6) is 5.75 Å². The highest BCUT2D eigenvalue weighted by molar-refractivity contribution is 5.94. The van der Waals surface area contributed by atoms with Crippen LogP contribution in [0.15, 0.2) is 18.3 Å². The maximum atomic E-state index is 12.2. The molecule has 0 aliphatic carbocycles. The number of hydrogen-bond acceptors (Lipinski definition) is 5. The summed E-state index contributed by atoms with van der Waals surface area (Å²) in [4.78, 5) is 17.8. The van der Waals surface area contributed by atoms with Crippen molar-refractivity contribution in [2.45, 2.75) is 6.10 Å². The molecule has 0 radical (unpaired) electrons. The monoisotopic (exact) mass is 251 g/mol. The summed E-state index contributed by atoms with van der Waals surface area (Å²) in [6.07, 6.45) is 1.48. The Kier molecular flexibility index (Phi) is 4.11. The zero-order valence-electron chi connectivity index (χ0n) is 10.3. The number of morpholine rings is 1. The van der Waals surface area contributed by atoms with Crippen molar-refractivity contribution in [1.82, 2.24) is 15.2 Å². The SMILES string of the molecule is CNCC1CN(C(=O)c2ncccc2O)CCO1. The number of nitrogens with one attached hydrogen (secondary N) is 1. The average molecular weight is 251 g/mol. The third-order valence-corrected chi connectivity index (χ3v) is 2.85. The molecule has 0 saturated carbocycles. The third-order valence-electron chi connectivity index (χ3n) is 2.85. The number of amides is 1. The predicted octanol–water partition coefficient (Wildman–Crippen LogP) is -0.152. The minimum Gasteiger partial charge on any atom is -0.505 e. The smallest absolute Gasteiger partial charge is 0.276 e. The van der Waals surface area contributed by atoms with Gasteiger partial charge >= 0.3 is 0 Å². The van der Waals surface area contributed by atoms with Gasteiger partial charge in [-0.3, -0.25) is 4.79 Å². The Morgan fingerprint density at radius 3 is 3.28 bits per heavy atom.